The summed E-state index contributed by atoms with van der Waals surface area (Å²) < 4.78 is 0. The maximum Gasteiger partial charge on any atom is 0.256 e. The van der Waals surface area contributed by atoms with E-state index in [0.29, 0.717) is 6.54 Å². The number of hydrogen-bond donors (Lipinski definition) is 2. The van der Waals surface area contributed by atoms with E-state index < -0.39 is 0 Å². The fourth-order valence-electron chi connectivity index (χ4n) is 2.60. The predicted molar refractivity (Wildman–Crippen MR) is 78.8 cm³/mol. The summed E-state index contributed by atoms with van der Waals surface area (Å²) in [6.45, 7) is 2.42. The van der Waals surface area contributed by atoms with E-state index in [0.717, 1.165) is 23.9 Å². The van der Waals surface area contributed by atoms with Crippen LogP contribution in [0.4, 0.5) is 0 Å². The number of aromatic amines is 1. The van der Waals surface area contributed by atoms with Crippen LogP contribution in [0.5, 0.6) is 0 Å². The molecule has 2 rings (SSSR count). The van der Waals surface area contributed by atoms with Gasteiger partial charge in [-0.2, -0.15) is 0 Å². The van der Waals surface area contributed by atoms with Crippen LogP contribution in [0.3, 0.4) is 0 Å². The molecule has 0 atom stereocenters. The predicted octanol–water partition coefficient (Wildman–Crippen LogP) is 2.37. The number of carbonyl (C=O) groups excluding carboxylic acids is 1. The molecule has 1 heterocycles. The summed E-state index contributed by atoms with van der Waals surface area (Å²) >= 11 is 3.54. The van der Waals surface area contributed by atoms with Gasteiger partial charge in [0.15, 0.2) is 5.43 Å². The largest absolute Gasteiger partial charge is 0.364 e. The summed E-state index contributed by atoms with van der Waals surface area (Å²) in [5.74, 6) is -0.284. The molecule has 2 N–H and O–H groups in total. The van der Waals surface area contributed by atoms with Crippen LogP contribution >= 0.6 is 15.9 Å². The van der Waals surface area contributed by atoms with Gasteiger partial charge in [-0.15, -0.1) is 0 Å². The first-order chi connectivity index (χ1) is 9.06. The van der Waals surface area contributed by atoms with Crippen molar-refractivity contribution >= 4 is 21.8 Å². The SMILES string of the molecule is Cc1cc(=O)c(C(=O)NCC2(CBr)CCCC2)c[nH]1. The second kappa shape index (κ2) is 5.90. The molecule has 19 heavy (non-hydrogen) atoms. The minimum absolute atomic E-state index is 0.160. The van der Waals surface area contributed by atoms with Crippen molar-refractivity contribution in [1.29, 1.82) is 0 Å². The summed E-state index contributed by atoms with van der Waals surface area (Å²) in [4.78, 5) is 26.7. The highest BCUT2D eigenvalue weighted by molar-refractivity contribution is 9.09. The third kappa shape index (κ3) is 3.26. The van der Waals surface area contributed by atoms with Gasteiger partial charge in [0.05, 0.1) is 0 Å². The van der Waals surface area contributed by atoms with Crippen LogP contribution in [0.2, 0.25) is 0 Å². The summed E-state index contributed by atoms with van der Waals surface area (Å²) in [6, 6.07) is 1.45. The van der Waals surface area contributed by atoms with E-state index in [1.807, 2.05) is 0 Å². The first kappa shape index (κ1) is 14.3. The standard InChI is InChI=1S/C14H19BrN2O2/c1-10-6-12(18)11(7-16-10)13(19)17-9-14(8-15)4-2-3-5-14/h6-7H,2-5,8-9H2,1H3,(H,16,18)(H,17,19). The summed E-state index contributed by atoms with van der Waals surface area (Å²) in [6.07, 6.45) is 6.17. The van der Waals surface area contributed by atoms with Gasteiger partial charge < -0.3 is 10.3 Å². The molecule has 0 bridgehead atoms. The number of rotatable bonds is 4. The number of alkyl halides is 1. The number of amides is 1. The van der Waals surface area contributed by atoms with Crippen LogP contribution in [-0.4, -0.2) is 22.8 Å². The molecule has 0 unspecified atom stereocenters. The normalized spacial score (nSPS) is 17.4. The number of hydrogen-bond acceptors (Lipinski definition) is 2. The zero-order valence-electron chi connectivity index (χ0n) is 11.1. The van der Waals surface area contributed by atoms with Crippen molar-refractivity contribution in [3.63, 3.8) is 0 Å². The van der Waals surface area contributed by atoms with Gasteiger partial charge >= 0.3 is 0 Å². The summed E-state index contributed by atoms with van der Waals surface area (Å²) in [5, 5.41) is 3.80. The quantitative estimate of drug-likeness (QED) is 0.834. The molecular weight excluding hydrogens is 308 g/mol. The molecule has 1 amide bonds. The van der Waals surface area contributed by atoms with Gasteiger partial charge in [-0.25, -0.2) is 0 Å². The summed E-state index contributed by atoms with van der Waals surface area (Å²) in [7, 11) is 0. The second-order valence-corrected chi connectivity index (χ2v) is 5.98. The average Bonchev–Trinajstić information content (AvgIpc) is 2.85. The molecule has 1 fully saturated rings. The molecule has 4 nitrogen and oxygen atoms in total. The fraction of sp³-hybridized carbons (Fsp3) is 0.571. The van der Waals surface area contributed by atoms with Crippen molar-refractivity contribution in [2.75, 3.05) is 11.9 Å². The van der Waals surface area contributed by atoms with Crippen LogP contribution in [0.25, 0.3) is 0 Å². The highest BCUT2D eigenvalue weighted by atomic mass is 79.9. The maximum atomic E-state index is 12.0. The molecule has 0 spiro atoms. The Labute approximate surface area is 121 Å². The zero-order valence-corrected chi connectivity index (χ0v) is 12.7. The van der Waals surface area contributed by atoms with Gasteiger partial charge in [0.2, 0.25) is 0 Å². The lowest BCUT2D eigenvalue weighted by molar-refractivity contribution is 0.0934. The number of H-pyrrole nitrogens is 1. The fourth-order valence-corrected chi connectivity index (χ4v) is 3.36. The van der Waals surface area contributed by atoms with Crippen molar-refractivity contribution < 1.29 is 4.79 Å². The smallest absolute Gasteiger partial charge is 0.256 e. The number of carbonyl (C=O) groups is 1. The Kier molecular flexibility index (Phi) is 4.45. The van der Waals surface area contributed by atoms with Crippen LogP contribution in [0.15, 0.2) is 17.1 Å². The van der Waals surface area contributed by atoms with Crippen LogP contribution in [-0.2, 0) is 0 Å². The van der Waals surface area contributed by atoms with Crippen LogP contribution in [0, 0.1) is 12.3 Å². The molecule has 104 valence electrons. The Morgan fingerprint density at radius 3 is 2.74 bits per heavy atom. The number of pyridine rings is 1. The highest BCUT2D eigenvalue weighted by Gasteiger charge is 2.33. The number of aryl methyl sites for hydroxylation is 1. The van der Waals surface area contributed by atoms with Crippen LogP contribution < -0.4 is 10.7 Å². The minimum Gasteiger partial charge on any atom is -0.364 e. The van der Waals surface area contributed by atoms with E-state index in [-0.39, 0.29) is 22.3 Å². The van der Waals surface area contributed by atoms with Crippen molar-refractivity contribution in [3.05, 3.63) is 33.7 Å². The average molecular weight is 327 g/mol. The Bertz CT molecular complexity index is 518. The number of halogens is 1. The lowest BCUT2D eigenvalue weighted by atomic mass is 9.89. The van der Waals surface area contributed by atoms with Gasteiger partial charge in [-0.3, -0.25) is 9.59 Å². The Morgan fingerprint density at radius 1 is 1.47 bits per heavy atom. The van der Waals surface area contributed by atoms with Crippen molar-refractivity contribution in [2.45, 2.75) is 32.6 Å². The second-order valence-electron chi connectivity index (χ2n) is 5.42. The summed E-state index contributed by atoms with van der Waals surface area (Å²) in [5.41, 5.74) is 0.878. The first-order valence-electron chi connectivity index (χ1n) is 6.60. The van der Waals surface area contributed by atoms with Crippen molar-refractivity contribution in [2.24, 2.45) is 5.41 Å². The van der Waals surface area contributed by atoms with Gasteiger partial charge in [0.1, 0.15) is 5.56 Å². The molecule has 1 aromatic heterocycles. The molecule has 1 saturated carbocycles. The van der Waals surface area contributed by atoms with Gasteiger partial charge in [0.25, 0.3) is 5.91 Å². The lowest BCUT2D eigenvalue weighted by Gasteiger charge is -2.26. The molecule has 0 aromatic carbocycles. The highest BCUT2D eigenvalue weighted by Crippen LogP contribution is 2.38. The van der Waals surface area contributed by atoms with Crippen molar-refractivity contribution in [3.8, 4) is 0 Å². The minimum atomic E-state index is -0.284. The first-order valence-corrected chi connectivity index (χ1v) is 7.72. The van der Waals surface area contributed by atoms with Gasteiger partial charge in [-0.1, -0.05) is 28.8 Å². The van der Waals surface area contributed by atoms with E-state index in [1.165, 1.54) is 25.1 Å². The molecule has 0 radical (unpaired) electrons. The Hall–Kier alpha value is -1.10. The monoisotopic (exact) mass is 326 g/mol. The van der Waals surface area contributed by atoms with Gasteiger partial charge in [0, 0.05) is 29.8 Å². The van der Waals surface area contributed by atoms with E-state index in [1.54, 1.807) is 6.92 Å². The number of aromatic nitrogens is 1. The topological polar surface area (TPSA) is 62.0 Å². The third-order valence-corrected chi connectivity index (χ3v) is 5.06. The van der Waals surface area contributed by atoms with Gasteiger partial charge in [-0.05, 0) is 25.2 Å². The molecule has 0 aliphatic heterocycles. The molecule has 1 aliphatic carbocycles. The number of nitrogens with one attached hydrogen (secondary N) is 2. The third-order valence-electron chi connectivity index (χ3n) is 3.87. The maximum absolute atomic E-state index is 12.0. The van der Waals surface area contributed by atoms with Crippen molar-refractivity contribution in [1.82, 2.24) is 10.3 Å². The van der Waals surface area contributed by atoms with Crippen LogP contribution in [0.1, 0.15) is 41.7 Å². The molecule has 1 aromatic rings. The molecule has 1 aliphatic rings. The Morgan fingerprint density at radius 2 is 2.16 bits per heavy atom. The Balaban J connectivity index is 2.03. The molecule has 0 saturated heterocycles. The molecule has 5 heteroatoms. The van der Waals surface area contributed by atoms with E-state index >= 15 is 0 Å². The molecular formula is C14H19BrN2O2. The van der Waals surface area contributed by atoms with E-state index in [9.17, 15) is 9.59 Å². The zero-order chi connectivity index (χ0) is 13.9. The van der Waals surface area contributed by atoms with E-state index in [2.05, 4.69) is 26.2 Å². The van der Waals surface area contributed by atoms with E-state index in [4.69, 9.17) is 0 Å². The lowest BCUT2D eigenvalue weighted by Crippen LogP contribution is -2.38.